The van der Waals surface area contributed by atoms with Gasteiger partial charge in [-0.15, -0.1) is 11.3 Å². The van der Waals surface area contributed by atoms with Gasteiger partial charge in [-0.25, -0.2) is 13.4 Å². The Bertz CT molecular complexity index is 740. The molecule has 1 atom stereocenters. The molecule has 0 radical (unpaired) electrons. The van der Waals surface area contributed by atoms with Gasteiger partial charge in [-0.05, 0) is 31.5 Å². The van der Waals surface area contributed by atoms with E-state index >= 15 is 0 Å². The van der Waals surface area contributed by atoms with Crippen molar-refractivity contribution >= 4 is 31.4 Å². The first-order valence-electron chi connectivity index (χ1n) is 7.02. The van der Waals surface area contributed by atoms with Gasteiger partial charge >= 0.3 is 0 Å². The van der Waals surface area contributed by atoms with Crippen LogP contribution in [0.2, 0.25) is 0 Å². The monoisotopic (exact) mass is 326 g/mol. The zero-order valence-corrected chi connectivity index (χ0v) is 13.5. The number of nitrogens with one attached hydrogen (secondary N) is 1. The van der Waals surface area contributed by atoms with Crippen molar-refractivity contribution in [2.24, 2.45) is 0 Å². The Labute approximate surface area is 128 Å². The fourth-order valence-corrected chi connectivity index (χ4v) is 5.13. The number of nitrogens with zero attached hydrogens (tertiary/aromatic N) is 1. The molecule has 3 rings (SSSR count). The van der Waals surface area contributed by atoms with Crippen LogP contribution < -0.4 is 10.1 Å². The molecule has 2 aromatic rings. The molecule has 0 bridgehead atoms. The van der Waals surface area contributed by atoms with Crippen LogP contribution in [0.3, 0.4) is 0 Å². The number of sulfone groups is 1. The van der Waals surface area contributed by atoms with Gasteiger partial charge < -0.3 is 10.1 Å². The molecule has 114 valence electrons. The van der Waals surface area contributed by atoms with Crippen LogP contribution in [0.25, 0.3) is 10.2 Å². The summed E-state index contributed by atoms with van der Waals surface area (Å²) in [5.41, 5.74) is 0.958. The first-order valence-corrected chi connectivity index (χ1v) is 9.65. The van der Waals surface area contributed by atoms with Crippen LogP contribution in [-0.4, -0.2) is 37.6 Å². The second-order valence-corrected chi connectivity index (χ2v) is 8.49. The number of hydrogen-bond acceptors (Lipinski definition) is 6. The maximum Gasteiger partial charge on any atom is 0.151 e. The standard InChI is InChI=1S/C14H18N2O3S2/c1-2-19-11-3-4-12-13(7-11)20-14(16-12)8-15-10-5-6-21(17,18)9-10/h3-4,7,10,15H,2,5-6,8-9H2,1H3. The first kappa shape index (κ1) is 14.7. The Hall–Kier alpha value is -1.18. The molecule has 7 heteroatoms. The second-order valence-electron chi connectivity index (χ2n) is 5.15. The highest BCUT2D eigenvalue weighted by atomic mass is 32.2. The normalized spacial score (nSPS) is 20.9. The lowest BCUT2D eigenvalue weighted by Gasteiger charge is -2.07. The van der Waals surface area contributed by atoms with Crippen molar-refractivity contribution in [3.63, 3.8) is 0 Å². The third-order valence-corrected chi connectivity index (χ3v) is 6.28. The van der Waals surface area contributed by atoms with Crippen LogP contribution in [0.5, 0.6) is 5.75 Å². The highest BCUT2D eigenvalue weighted by molar-refractivity contribution is 7.91. The minimum atomic E-state index is -2.83. The number of hydrogen-bond donors (Lipinski definition) is 1. The van der Waals surface area contributed by atoms with E-state index < -0.39 is 9.84 Å². The second kappa shape index (κ2) is 5.90. The number of benzene rings is 1. The summed E-state index contributed by atoms with van der Waals surface area (Å²) in [6.07, 6.45) is 0.696. The largest absolute Gasteiger partial charge is 0.494 e. The molecular weight excluding hydrogens is 308 g/mol. The van der Waals surface area contributed by atoms with Crippen LogP contribution in [0.1, 0.15) is 18.4 Å². The summed E-state index contributed by atoms with van der Waals surface area (Å²) in [5, 5.41) is 4.27. The third kappa shape index (κ3) is 3.53. The lowest BCUT2D eigenvalue weighted by atomic mass is 10.3. The Morgan fingerprint density at radius 1 is 1.48 bits per heavy atom. The van der Waals surface area contributed by atoms with Crippen LogP contribution in [0.15, 0.2) is 18.2 Å². The fraction of sp³-hybridized carbons (Fsp3) is 0.500. The highest BCUT2D eigenvalue weighted by Gasteiger charge is 2.27. The molecule has 21 heavy (non-hydrogen) atoms. The van der Waals surface area contributed by atoms with Crippen molar-refractivity contribution in [3.8, 4) is 5.75 Å². The maximum absolute atomic E-state index is 11.4. The molecule has 1 N–H and O–H groups in total. The summed E-state index contributed by atoms with van der Waals surface area (Å²) in [4.78, 5) is 4.56. The number of aromatic nitrogens is 1. The molecule has 1 aromatic carbocycles. The van der Waals surface area contributed by atoms with Gasteiger partial charge in [-0.1, -0.05) is 0 Å². The summed E-state index contributed by atoms with van der Waals surface area (Å²) >= 11 is 1.62. The summed E-state index contributed by atoms with van der Waals surface area (Å²) in [6, 6.07) is 5.94. The zero-order chi connectivity index (χ0) is 14.9. The summed E-state index contributed by atoms with van der Waals surface area (Å²) < 4.78 is 29.4. The lowest BCUT2D eigenvalue weighted by molar-refractivity contribution is 0.341. The van der Waals surface area contributed by atoms with E-state index in [1.807, 2.05) is 25.1 Å². The topological polar surface area (TPSA) is 68.3 Å². The van der Waals surface area contributed by atoms with E-state index in [2.05, 4.69) is 10.3 Å². The van der Waals surface area contributed by atoms with Crippen molar-refractivity contribution in [3.05, 3.63) is 23.2 Å². The van der Waals surface area contributed by atoms with E-state index in [0.717, 1.165) is 21.0 Å². The quantitative estimate of drug-likeness (QED) is 0.910. The van der Waals surface area contributed by atoms with Gasteiger partial charge in [0, 0.05) is 12.6 Å². The molecule has 0 saturated carbocycles. The average molecular weight is 326 g/mol. The predicted molar refractivity (Wildman–Crippen MR) is 84.7 cm³/mol. The van der Waals surface area contributed by atoms with Crippen LogP contribution in [0.4, 0.5) is 0 Å². The van der Waals surface area contributed by atoms with E-state index in [1.54, 1.807) is 11.3 Å². The molecule has 0 spiro atoms. The number of fused-ring (bicyclic) bond motifs is 1. The zero-order valence-electron chi connectivity index (χ0n) is 11.8. The number of rotatable bonds is 5. The van der Waals surface area contributed by atoms with Crippen LogP contribution in [-0.2, 0) is 16.4 Å². The van der Waals surface area contributed by atoms with Crippen LogP contribution >= 0.6 is 11.3 Å². The molecule has 1 aliphatic heterocycles. The maximum atomic E-state index is 11.4. The molecule has 1 unspecified atom stereocenters. The van der Waals surface area contributed by atoms with Gasteiger partial charge in [0.25, 0.3) is 0 Å². The molecule has 1 saturated heterocycles. The van der Waals surface area contributed by atoms with E-state index in [9.17, 15) is 8.42 Å². The number of thiazole rings is 1. The smallest absolute Gasteiger partial charge is 0.151 e. The summed E-state index contributed by atoms with van der Waals surface area (Å²) in [7, 11) is -2.83. The molecule has 1 fully saturated rings. The Kier molecular flexibility index (Phi) is 4.14. The van der Waals surface area contributed by atoms with Crippen molar-refractivity contribution < 1.29 is 13.2 Å². The minimum Gasteiger partial charge on any atom is -0.494 e. The molecule has 2 heterocycles. The van der Waals surface area contributed by atoms with E-state index in [-0.39, 0.29) is 11.8 Å². The first-order chi connectivity index (χ1) is 10.1. The van der Waals surface area contributed by atoms with Gasteiger partial charge in [-0.3, -0.25) is 0 Å². The molecule has 0 aliphatic carbocycles. The summed E-state index contributed by atoms with van der Waals surface area (Å²) in [5.74, 6) is 1.39. The van der Waals surface area contributed by atoms with Crippen molar-refractivity contribution in [2.45, 2.75) is 25.9 Å². The van der Waals surface area contributed by atoms with Gasteiger partial charge in [0.1, 0.15) is 10.8 Å². The lowest BCUT2D eigenvalue weighted by Crippen LogP contribution is -2.29. The van der Waals surface area contributed by atoms with Gasteiger partial charge in [0.05, 0.1) is 28.3 Å². The minimum absolute atomic E-state index is 0.0565. The molecular formula is C14H18N2O3S2. The van der Waals surface area contributed by atoms with Gasteiger partial charge in [0.2, 0.25) is 0 Å². The fourth-order valence-electron chi connectivity index (χ4n) is 2.47. The van der Waals surface area contributed by atoms with E-state index in [0.29, 0.717) is 25.3 Å². The van der Waals surface area contributed by atoms with Gasteiger partial charge in [-0.2, -0.15) is 0 Å². The Balaban J connectivity index is 1.67. The predicted octanol–water partition coefficient (Wildman–Crippen LogP) is 1.97. The Morgan fingerprint density at radius 2 is 2.33 bits per heavy atom. The van der Waals surface area contributed by atoms with Crippen molar-refractivity contribution in [1.29, 1.82) is 0 Å². The van der Waals surface area contributed by atoms with Crippen LogP contribution in [0, 0.1) is 0 Å². The Morgan fingerprint density at radius 3 is 3.05 bits per heavy atom. The average Bonchev–Trinajstić information content (AvgIpc) is 2.99. The SMILES string of the molecule is CCOc1ccc2nc(CNC3CCS(=O)(=O)C3)sc2c1. The number of ether oxygens (including phenoxy) is 1. The molecule has 5 nitrogen and oxygen atoms in total. The highest BCUT2D eigenvalue weighted by Crippen LogP contribution is 2.26. The summed E-state index contributed by atoms with van der Waals surface area (Å²) in [6.45, 7) is 3.22. The van der Waals surface area contributed by atoms with E-state index in [4.69, 9.17) is 4.74 Å². The molecule has 1 aromatic heterocycles. The van der Waals surface area contributed by atoms with Crippen molar-refractivity contribution in [2.75, 3.05) is 18.1 Å². The van der Waals surface area contributed by atoms with Crippen molar-refractivity contribution in [1.82, 2.24) is 10.3 Å². The molecule has 0 amide bonds. The third-order valence-electron chi connectivity index (χ3n) is 3.49. The molecule has 1 aliphatic rings. The van der Waals surface area contributed by atoms with E-state index in [1.165, 1.54) is 0 Å². The van der Waals surface area contributed by atoms with Gasteiger partial charge in [0.15, 0.2) is 9.84 Å².